The van der Waals surface area contributed by atoms with Gasteiger partial charge in [-0.2, -0.15) is 0 Å². The zero-order chi connectivity index (χ0) is 17.6. The third-order valence-electron chi connectivity index (χ3n) is 3.08. The van der Waals surface area contributed by atoms with E-state index in [0.29, 0.717) is 10.6 Å². The second-order valence-electron chi connectivity index (χ2n) is 5.52. The Labute approximate surface area is 144 Å². The smallest absolute Gasteiger partial charge is 0.275 e. The zero-order valence-electron chi connectivity index (χ0n) is 13.3. The van der Waals surface area contributed by atoms with E-state index >= 15 is 0 Å². The molecule has 5 nitrogen and oxygen atoms in total. The minimum Gasteiger partial charge on any atom is -0.352 e. The molecule has 1 rings (SSSR count). The highest BCUT2D eigenvalue weighted by molar-refractivity contribution is 6.35. The molecule has 0 saturated heterocycles. The van der Waals surface area contributed by atoms with E-state index in [1.165, 1.54) is 12.1 Å². The predicted octanol–water partition coefficient (Wildman–Crippen LogP) is 1.40. The van der Waals surface area contributed by atoms with E-state index in [1.54, 1.807) is 12.2 Å². The van der Waals surface area contributed by atoms with Gasteiger partial charge in [0.2, 0.25) is 5.91 Å². The SMILES string of the molecule is CC(C)NC(=O)CNC(=O)C[NH2+][C@H](C)c1cc(F)c(Cl)cc1Cl. The molecule has 0 aliphatic heterocycles. The highest BCUT2D eigenvalue weighted by atomic mass is 35.5. The molecule has 0 aliphatic carbocycles. The van der Waals surface area contributed by atoms with Crippen LogP contribution in [-0.2, 0) is 9.59 Å². The Morgan fingerprint density at radius 2 is 1.83 bits per heavy atom. The van der Waals surface area contributed by atoms with Gasteiger partial charge in [-0.3, -0.25) is 9.59 Å². The summed E-state index contributed by atoms with van der Waals surface area (Å²) >= 11 is 11.7. The molecule has 128 valence electrons. The summed E-state index contributed by atoms with van der Waals surface area (Å²) in [6, 6.07) is 2.39. The summed E-state index contributed by atoms with van der Waals surface area (Å²) in [4.78, 5) is 23.1. The monoisotopic (exact) mass is 364 g/mol. The van der Waals surface area contributed by atoms with Crippen LogP contribution in [0.5, 0.6) is 0 Å². The number of quaternary nitrogens is 1. The van der Waals surface area contributed by atoms with Gasteiger partial charge in [0.25, 0.3) is 5.91 Å². The second-order valence-corrected chi connectivity index (χ2v) is 6.33. The summed E-state index contributed by atoms with van der Waals surface area (Å²) in [5.74, 6) is -1.09. The quantitative estimate of drug-likeness (QED) is 0.639. The van der Waals surface area contributed by atoms with Crippen LogP contribution < -0.4 is 16.0 Å². The molecule has 0 heterocycles. The van der Waals surface area contributed by atoms with Gasteiger partial charge in [0.05, 0.1) is 16.6 Å². The first-order valence-electron chi connectivity index (χ1n) is 7.24. The fraction of sp³-hybridized carbons (Fsp3) is 0.467. The summed E-state index contributed by atoms with van der Waals surface area (Å²) in [5.41, 5.74) is 0.555. The maximum atomic E-state index is 13.5. The molecule has 1 aromatic carbocycles. The molecule has 23 heavy (non-hydrogen) atoms. The molecule has 0 bridgehead atoms. The summed E-state index contributed by atoms with van der Waals surface area (Å²) in [7, 11) is 0. The molecular weight excluding hydrogens is 344 g/mol. The molecule has 0 unspecified atom stereocenters. The number of halogens is 3. The Morgan fingerprint density at radius 1 is 1.17 bits per heavy atom. The van der Waals surface area contributed by atoms with E-state index < -0.39 is 5.82 Å². The molecule has 1 atom stereocenters. The molecule has 0 fully saturated rings. The number of hydrogen-bond donors (Lipinski definition) is 3. The Morgan fingerprint density at radius 3 is 2.43 bits per heavy atom. The maximum Gasteiger partial charge on any atom is 0.275 e. The molecule has 4 N–H and O–H groups in total. The number of benzene rings is 1. The molecule has 8 heteroatoms. The van der Waals surface area contributed by atoms with E-state index in [-0.39, 0.29) is 42.0 Å². The average molecular weight is 365 g/mol. The Balaban J connectivity index is 2.47. The van der Waals surface area contributed by atoms with E-state index in [2.05, 4.69) is 10.6 Å². The fourth-order valence-electron chi connectivity index (χ4n) is 1.92. The first kappa shape index (κ1) is 19.7. The van der Waals surface area contributed by atoms with E-state index in [1.807, 2.05) is 13.8 Å². The van der Waals surface area contributed by atoms with Crippen LogP contribution in [0.25, 0.3) is 0 Å². The molecule has 2 amide bonds. The molecule has 0 saturated carbocycles. The molecule has 0 spiro atoms. The lowest BCUT2D eigenvalue weighted by Gasteiger charge is -2.13. The van der Waals surface area contributed by atoms with Crippen molar-refractivity contribution >= 4 is 35.0 Å². The minimum absolute atomic E-state index is 0.0212. The first-order valence-corrected chi connectivity index (χ1v) is 8.00. The van der Waals surface area contributed by atoms with Crippen molar-refractivity contribution in [2.24, 2.45) is 0 Å². The molecule has 0 radical (unpaired) electrons. The van der Waals surface area contributed by atoms with Crippen LogP contribution in [0.1, 0.15) is 32.4 Å². The van der Waals surface area contributed by atoms with Gasteiger partial charge in [0, 0.05) is 11.6 Å². The largest absolute Gasteiger partial charge is 0.352 e. The van der Waals surface area contributed by atoms with Gasteiger partial charge in [-0.25, -0.2) is 4.39 Å². The van der Waals surface area contributed by atoms with Gasteiger partial charge in [0.15, 0.2) is 6.54 Å². The molecular formula is C15H21Cl2FN3O2+. The van der Waals surface area contributed by atoms with Crippen molar-refractivity contribution in [2.75, 3.05) is 13.1 Å². The molecule has 1 aromatic rings. The molecule has 0 aliphatic rings. The second kappa shape index (κ2) is 9.05. The Kier molecular flexibility index (Phi) is 7.75. The Hall–Kier alpha value is -1.37. The lowest BCUT2D eigenvalue weighted by molar-refractivity contribution is -0.682. The van der Waals surface area contributed by atoms with E-state index in [0.717, 1.165) is 0 Å². The van der Waals surface area contributed by atoms with Gasteiger partial charge in [0.1, 0.15) is 11.9 Å². The van der Waals surface area contributed by atoms with Crippen LogP contribution in [0.3, 0.4) is 0 Å². The predicted molar refractivity (Wildman–Crippen MR) is 87.9 cm³/mol. The topological polar surface area (TPSA) is 74.8 Å². The number of nitrogens with two attached hydrogens (primary N) is 1. The zero-order valence-corrected chi connectivity index (χ0v) is 14.8. The number of hydrogen-bond acceptors (Lipinski definition) is 2. The van der Waals surface area contributed by atoms with Gasteiger partial charge in [-0.15, -0.1) is 0 Å². The van der Waals surface area contributed by atoms with Gasteiger partial charge < -0.3 is 16.0 Å². The van der Waals surface area contributed by atoms with Crippen LogP contribution in [0.4, 0.5) is 4.39 Å². The summed E-state index contributed by atoms with van der Waals surface area (Å²) < 4.78 is 13.5. The number of carbonyl (C=O) groups excluding carboxylic acids is 2. The van der Waals surface area contributed by atoms with Crippen LogP contribution >= 0.6 is 23.2 Å². The number of nitrogens with one attached hydrogen (secondary N) is 2. The Bertz CT molecular complexity index is 582. The summed E-state index contributed by atoms with van der Waals surface area (Å²) in [6.45, 7) is 5.49. The minimum atomic E-state index is -0.555. The first-order chi connectivity index (χ1) is 10.7. The highest BCUT2D eigenvalue weighted by Crippen LogP contribution is 2.27. The van der Waals surface area contributed by atoms with Crippen LogP contribution in [0.15, 0.2) is 12.1 Å². The number of carbonyl (C=O) groups is 2. The standard InChI is InChI=1S/C15H20Cl2FN3O2/c1-8(2)21-15(23)7-20-14(22)6-19-9(3)10-4-13(18)12(17)5-11(10)16/h4-5,8-9,19H,6-7H2,1-3H3,(H,20,22)(H,21,23)/p+1/t9-/m1/s1. The van der Waals surface area contributed by atoms with Crippen molar-refractivity contribution in [3.8, 4) is 0 Å². The number of rotatable bonds is 7. The average Bonchev–Trinajstić information content (AvgIpc) is 2.45. The van der Waals surface area contributed by atoms with Gasteiger partial charge >= 0.3 is 0 Å². The van der Waals surface area contributed by atoms with Crippen molar-refractivity contribution in [3.63, 3.8) is 0 Å². The summed E-state index contributed by atoms with van der Waals surface area (Å²) in [5, 5.41) is 7.19. The van der Waals surface area contributed by atoms with Crippen LogP contribution in [0, 0.1) is 5.82 Å². The normalized spacial score (nSPS) is 12.1. The maximum absolute atomic E-state index is 13.5. The van der Waals surface area contributed by atoms with Gasteiger partial charge in [-0.1, -0.05) is 23.2 Å². The van der Waals surface area contributed by atoms with Crippen molar-refractivity contribution in [1.82, 2.24) is 10.6 Å². The summed E-state index contributed by atoms with van der Waals surface area (Å²) in [6.07, 6.45) is 0. The lowest BCUT2D eigenvalue weighted by atomic mass is 10.1. The van der Waals surface area contributed by atoms with Crippen molar-refractivity contribution in [1.29, 1.82) is 0 Å². The number of amides is 2. The van der Waals surface area contributed by atoms with Crippen molar-refractivity contribution < 1.29 is 19.3 Å². The van der Waals surface area contributed by atoms with Crippen molar-refractivity contribution in [2.45, 2.75) is 32.9 Å². The van der Waals surface area contributed by atoms with Crippen LogP contribution in [-0.4, -0.2) is 30.9 Å². The van der Waals surface area contributed by atoms with E-state index in [4.69, 9.17) is 23.2 Å². The molecule has 0 aromatic heterocycles. The van der Waals surface area contributed by atoms with Crippen molar-refractivity contribution in [3.05, 3.63) is 33.6 Å². The van der Waals surface area contributed by atoms with Crippen LogP contribution in [0.2, 0.25) is 10.0 Å². The third-order valence-corrected chi connectivity index (χ3v) is 3.70. The lowest BCUT2D eigenvalue weighted by Crippen LogP contribution is -2.87. The fourth-order valence-corrected chi connectivity index (χ4v) is 2.48. The van der Waals surface area contributed by atoms with E-state index in [9.17, 15) is 14.0 Å². The third kappa shape index (κ3) is 6.72. The van der Waals surface area contributed by atoms with Gasteiger partial charge in [-0.05, 0) is 32.9 Å². The highest BCUT2D eigenvalue weighted by Gasteiger charge is 2.17.